The number of aryl methyl sites for hydroxylation is 1. The van der Waals surface area contributed by atoms with Crippen molar-refractivity contribution < 1.29 is 4.74 Å². The number of aromatic nitrogens is 2. The molecule has 0 amide bonds. The minimum atomic E-state index is -0.177. The number of hydrogen-bond donors (Lipinski definition) is 0. The fraction of sp³-hybridized carbons (Fsp3) is 0.625. The Bertz CT molecular complexity index is 304. The molecule has 0 aliphatic carbocycles. The van der Waals surface area contributed by atoms with Crippen LogP contribution in [0.3, 0.4) is 0 Å². The predicted octanol–water partition coefficient (Wildman–Crippen LogP) is 1.80. The molecule has 1 fully saturated rings. The Hall–Kier alpha value is -0.540. The van der Waals surface area contributed by atoms with Crippen LogP contribution in [0.5, 0.6) is 0 Å². The van der Waals surface area contributed by atoms with Crippen LogP contribution >= 0.6 is 11.6 Å². The zero-order chi connectivity index (χ0) is 8.77. The normalized spacial score (nSPS) is 27.6. The summed E-state index contributed by atoms with van der Waals surface area (Å²) in [6.45, 7) is 5.72. The molecule has 1 aliphatic heterocycles. The highest BCUT2D eigenvalue weighted by molar-refractivity contribution is 6.30. The van der Waals surface area contributed by atoms with Crippen LogP contribution in [0.15, 0.2) is 6.33 Å². The zero-order valence-corrected chi connectivity index (χ0v) is 7.93. The molecule has 1 unspecified atom stereocenters. The molecule has 2 heterocycles. The molecule has 1 aromatic rings. The van der Waals surface area contributed by atoms with E-state index in [1.54, 1.807) is 6.33 Å². The van der Waals surface area contributed by atoms with E-state index in [1.807, 2.05) is 11.5 Å². The Kier molecular flexibility index (Phi) is 1.66. The summed E-state index contributed by atoms with van der Waals surface area (Å²) in [5.74, 6) is 0. The van der Waals surface area contributed by atoms with Gasteiger partial charge in [0.15, 0.2) is 5.15 Å². The van der Waals surface area contributed by atoms with Gasteiger partial charge in [0.25, 0.3) is 0 Å². The van der Waals surface area contributed by atoms with Gasteiger partial charge in [-0.1, -0.05) is 11.6 Å². The average Bonchev–Trinajstić information content (AvgIpc) is 2.64. The van der Waals surface area contributed by atoms with E-state index in [2.05, 4.69) is 11.9 Å². The van der Waals surface area contributed by atoms with Gasteiger partial charge >= 0.3 is 0 Å². The molecular weight excluding hydrogens is 176 g/mol. The molecule has 0 radical (unpaired) electrons. The number of imidazole rings is 1. The van der Waals surface area contributed by atoms with Crippen LogP contribution < -0.4 is 0 Å². The van der Waals surface area contributed by atoms with Gasteiger partial charge in [0.2, 0.25) is 0 Å². The fourth-order valence-corrected chi connectivity index (χ4v) is 1.72. The highest BCUT2D eigenvalue weighted by Crippen LogP contribution is 2.40. The molecule has 1 atom stereocenters. The van der Waals surface area contributed by atoms with Crippen LogP contribution in [-0.4, -0.2) is 16.2 Å². The Balaban J connectivity index is 2.46. The maximum Gasteiger partial charge on any atom is 0.153 e. The monoisotopic (exact) mass is 186 g/mol. The van der Waals surface area contributed by atoms with E-state index in [0.29, 0.717) is 5.15 Å². The van der Waals surface area contributed by atoms with Crippen molar-refractivity contribution in [2.45, 2.75) is 26.0 Å². The third kappa shape index (κ3) is 1.04. The van der Waals surface area contributed by atoms with E-state index in [0.717, 1.165) is 18.8 Å². The second-order valence-electron chi connectivity index (χ2n) is 3.19. The van der Waals surface area contributed by atoms with E-state index in [9.17, 15) is 0 Å². The lowest BCUT2D eigenvalue weighted by Gasteiger charge is -2.08. The summed E-state index contributed by atoms with van der Waals surface area (Å²) >= 11 is 5.94. The van der Waals surface area contributed by atoms with Gasteiger partial charge in [-0.05, 0) is 13.8 Å². The number of nitrogens with zero attached hydrogens (tertiary/aromatic N) is 2. The largest absolute Gasteiger partial charge is 0.363 e. The lowest BCUT2D eigenvalue weighted by molar-refractivity contribution is 0.316. The van der Waals surface area contributed by atoms with Crippen LogP contribution in [0.1, 0.15) is 19.5 Å². The first-order chi connectivity index (χ1) is 5.67. The lowest BCUT2D eigenvalue weighted by Crippen LogP contribution is -2.10. The van der Waals surface area contributed by atoms with Gasteiger partial charge in [-0.3, -0.25) is 0 Å². The molecule has 0 aromatic carbocycles. The highest BCUT2D eigenvalue weighted by Gasteiger charge is 2.45. The van der Waals surface area contributed by atoms with E-state index in [1.165, 1.54) is 0 Å². The quantitative estimate of drug-likeness (QED) is 0.660. The van der Waals surface area contributed by atoms with Crippen molar-refractivity contribution in [3.05, 3.63) is 17.2 Å². The Morgan fingerprint density at radius 1 is 1.83 bits per heavy atom. The molecule has 2 rings (SSSR count). The first kappa shape index (κ1) is 8.08. The third-order valence-electron chi connectivity index (χ3n) is 2.21. The van der Waals surface area contributed by atoms with Crippen molar-refractivity contribution in [1.29, 1.82) is 0 Å². The van der Waals surface area contributed by atoms with Crippen molar-refractivity contribution in [2.75, 3.05) is 6.61 Å². The molecular formula is C8H11ClN2O. The predicted molar refractivity (Wildman–Crippen MR) is 46.2 cm³/mol. The minimum Gasteiger partial charge on any atom is -0.363 e. The number of halogens is 1. The summed E-state index contributed by atoms with van der Waals surface area (Å²) in [4.78, 5) is 4.04. The number of hydrogen-bond acceptors (Lipinski definition) is 2. The summed E-state index contributed by atoms with van der Waals surface area (Å²) in [6, 6.07) is 0. The summed E-state index contributed by atoms with van der Waals surface area (Å²) in [7, 11) is 0. The summed E-state index contributed by atoms with van der Waals surface area (Å²) in [6.07, 6.45) is 1.75. The van der Waals surface area contributed by atoms with Gasteiger partial charge < -0.3 is 9.30 Å². The molecule has 66 valence electrons. The molecule has 0 spiro atoms. The van der Waals surface area contributed by atoms with E-state index in [-0.39, 0.29) is 5.60 Å². The summed E-state index contributed by atoms with van der Waals surface area (Å²) in [5, 5.41) is 0.567. The Labute approximate surface area is 76.3 Å². The Morgan fingerprint density at radius 2 is 2.50 bits per heavy atom. The van der Waals surface area contributed by atoms with Crippen molar-refractivity contribution >= 4 is 11.6 Å². The first-order valence-corrected chi connectivity index (χ1v) is 4.40. The van der Waals surface area contributed by atoms with Gasteiger partial charge in [0, 0.05) is 6.54 Å². The van der Waals surface area contributed by atoms with Crippen molar-refractivity contribution in [2.24, 2.45) is 0 Å². The second-order valence-corrected chi connectivity index (χ2v) is 3.55. The molecule has 0 bridgehead atoms. The molecule has 12 heavy (non-hydrogen) atoms. The third-order valence-corrected chi connectivity index (χ3v) is 2.49. The standard InChI is InChI=1S/C8H11ClN2O/c1-3-11-5-10-7(9)6(11)8(2)4-12-8/h5H,3-4H2,1-2H3. The minimum absolute atomic E-state index is 0.177. The zero-order valence-electron chi connectivity index (χ0n) is 7.17. The topological polar surface area (TPSA) is 30.4 Å². The molecule has 1 aromatic heterocycles. The number of ether oxygens (including phenoxy) is 1. The van der Waals surface area contributed by atoms with Crippen LogP contribution in [0.25, 0.3) is 0 Å². The van der Waals surface area contributed by atoms with Gasteiger partial charge in [0.1, 0.15) is 5.60 Å². The molecule has 4 heteroatoms. The number of epoxide rings is 1. The van der Waals surface area contributed by atoms with Crippen LogP contribution in [0.4, 0.5) is 0 Å². The Morgan fingerprint density at radius 3 is 3.00 bits per heavy atom. The maximum atomic E-state index is 5.94. The summed E-state index contributed by atoms with van der Waals surface area (Å²) in [5.41, 5.74) is 0.829. The van der Waals surface area contributed by atoms with Gasteiger partial charge in [-0.15, -0.1) is 0 Å². The van der Waals surface area contributed by atoms with Crippen molar-refractivity contribution in [3.8, 4) is 0 Å². The molecule has 0 N–H and O–H groups in total. The van der Waals surface area contributed by atoms with Crippen molar-refractivity contribution in [3.63, 3.8) is 0 Å². The molecule has 0 saturated carbocycles. The van der Waals surface area contributed by atoms with E-state index < -0.39 is 0 Å². The van der Waals surface area contributed by atoms with Gasteiger partial charge in [-0.25, -0.2) is 4.98 Å². The smallest absolute Gasteiger partial charge is 0.153 e. The molecule has 1 aliphatic rings. The van der Waals surface area contributed by atoms with Gasteiger partial charge in [0.05, 0.1) is 18.6 Å². The second kappa shape index (κ2) is 2.47. The lowest BCUT2D eigenvalue weighted by atomic mass is 10.1. The summed E-state index contributed by atoms with van der Waals surface area (Å²) < 4.78 is 7.34. The average molecular weight is 187 g/mol. The SMILES string of the molecule is CCn1cnc(Cl)c1C1(C)CO1. The van der Waals surface area contributed by atoms with E-state index in [4.69, 9.17) is 16.3 Å². The van der Waals surface area contributed by atoms with E-state index >= 15 is 0 Å². The maximum absolute atomic E-state index is 5.94. The highest BCUT2D eigenvalue weighted by atomic mass is 35.5. The van der Waals surface area contributed by atoms with Crippen LogP contribution in [0, 0.1) is 0 Å². The van der Waals surface area contributed by atoms with Crippen LogP contribution in [-0.2, 0) is 16.9 Å². The fourth-order valence-electron chi connectivity index (χ4n) is 1.36. The molecule has 3 nitrogen and oxygen atoms in total. The van der Waals surface area contributed by atoms with Crippen LogP contribution in [0.2, 0.25) is 5.15 Å². The van der Waals surface area contributed by atoms with Gasteiger partial charge in [-0.2, -0.15) is 0 Å². The van der Waals surface area contributed by atoms with Crippen molar-refractivity contribution in [1.82, 2.24) is 9.55 Å². The number of rotatable bonds is 2. The molecule has 1 saturated heterocycles. The first-order valence-electron chi connectivity index (χ1n) is 4.02.